The normalized spacial score (nSPS) is 11.3. The summed E-state index contributed by atoms with van der Waals surface area (Å²) in [4.78, 5) is 11.4. The Hall–Kier alpha value is -1.26. The predicted octanol–water partition coefficient (Wildman–Crippen LogP) is 2.04. The molecule has 19 heavy (non-hydrogen) atoms. The van der Waals surface area contributed by atoms with Gasteiger partial charge in [-0.2, -0.15) is 0 Å². The van der Waals surface area contributed by atoms with E-state index in [4.69, 9.17) is 10.5 Å². The van der Waals surface area contributed by atoms with Gasteiger partial charge in [0.05, 0.1) is 6.54 Å². The number of benzene rings is 1. The van der Waals surface area contributed by atoms with Crippen molar-refractivity contribution in [3.63, 3.8) is 0 Å². The molecule has 5 heteroatoms. The molecule has 0 radical (unpaired) electrons. The van der Waals surface area contributed by atoms with E-state index in [9.17, 15) is 4.79 Å². The van der Waals surface area contributed by atoms with E-state index in [1.807, 2.05) is 38.1 Å². The highest BCUT2D eigenvalue weighted by atomic mass is 35.5. The summed E-state index contributed by atoms with van der Waals surface area (Å²) < 4.78 is 5.71. The van der Waals surface area contributed by atoms with E-state index >= 15 is 0 Å². The Morgan fingerprint density at radius 1 is 1.47 bits per heavy atom. The van der Waals surface area contributed by atoms with Crippen LogP contribution in [0.4, 0.5) is 0 Å². The summed E-state index contributed by atoms with van der Waals surface area (Å²) in [5.41, 5.74) is 6.50. The molecule has 0 saturated carbocycles. The van der Waals surface area contributed by atoms with E-state index in [1.54, 1.807) is 0 Å². The number of amides is 1. The van der Waals surface area contributed by atoms with Crippen molar-refractivity contribution in [2.75, 3.05) is 13.1 Å². The summed E-state index contributed by atoms with van der Waals surface area (Å²) >= 11 is 0. The lowest BCUT2D eigenvalue weighted by molar-refractivity contribution is -0.121. The summed E-state index contributed by atoms with van der Waals surface area (Å²) in [6.07, 6.45) is 1.15. The maximum Gasteiger partial charge on any atom is 0.220 e. The molecule has 1 aromatic carbocycles. The highest BCUT2D eigenvalue weighted by molar-refractivity contribution is 5.85. The van der Waals surface area contributed by atoms with Gasteiger partial charge in [0.1, 0.15) is 11.9 Å². The number of hydrogen-bond donors (Lipinski definition) is 2. The molecule has 0 aliphatic rings. The van der Waals surface area contributed by atoms with Gasteiger partial charge < -0.3 is 15.8 Å². The van der Waals surface area contributed by atoms with Crippen LogP contribution in [0.15, 0.2) is 24.3 Å². The number of rotatable bonds is 7. The van der Waals surface area contributed by atoms with Crippen LogP contribution in [-0.2, 0) is 4.79 Å². The zero-order valence-corrected chi connectivity index (χ0v) is 12.3. The quantitative estimate of drug-likeness (QED) is 0.806. The fourth-order valence-corrected chi connectivity index (χ4v) is 1.57. The second-order valence-corrected chi connectivity index (χ2v) is 4.44. The van der Waals surface area contributed by atoms with E-state index < -0.39 is 0 Å². The van der Waals surface area contributed by atoms with Gasteiger partial charge in [-0.15, -0.1) is 12.4 Å². The van der Waals surface area contributed by atoms with Crippen LogP contribution in [0, 0.1) is 6.92 Å². The predicted molar refractivity (Wildman–Crippen MR) is 79.8 cm³/mol. The Labute approximate surface area is 121 Å². The Bertz CT molecular complexity index is 385. The number of hydrogen-bond acceptors (Lipinski definition) is 3. The van der Waals surface area contributed by atoms with Crippen LogP contribution in [0.1, 0.15) is 25.3 Å². The van der Waals surface area contributed by atoms with Crippen LogP contribution >= 0.6 is 12.4 Å². The number of aryl methyl sites for hydroxylation is 1. The molecular weight excluding hydrogens is 264 g/mol. The standard InChI is InChI=1S/C14H22N2O2.ClH/c1-11-5-3-6-13(9-11)18-12(2)10-16-14(17)7-4-8-15;/h3,5-6,9,12H,4,7-8,10,15H2,1-2H3,(H,16,17);1H. The molecule has 1 atom stereocenters. The van der Waals surface area contributed by atoms with E-state index in [-0.39, 0.29) is 24.4 Å². The highest BCUT2D eigenvalue weighted by Gasteiger charge is 2.06. The van der Waals surface area contributed by atoms with E-state index in [1.165, 1.54) is 0 Å². The van der Waals surface area contributed by atoms with Crippen molar-refractivity contribution in [1.82, 2.24) is 5.32 Å². The van der Waals surface area contributed by atoms with Crippen molar-refractivity contribution in [3.8, 4) is 5.75 Å². The monoisotopic (exact) mass is 286 g/mol. The lowest BCUT2D eigenvalue weighted by Gasteiger charge is -2.15. The van der Waals surface area contributed by atoms with E-state index in [2.05, 4.69) is 5.32 Å². The van der Waals surface area contributed by atoms with E-state index in [0.29, 0.717) is 19.5 Å². The van der Waals surface area contributed by atoms with Gasteiger partial charge in [0.15, 0.2) is 0 Å². The third-order valence-corrected chi connectivity index (χ3v) is 2.52. The third kappa shape index (κ3) is 7.70. The largest absolute Gasteiger partial charge is 0.489 e. The summed E-state index contributed by atoms with van der Waals surface area (Å²) in [6.45, 7) is 5.01. The topological polar surface area (TPSA) is 64.3 Å². The average Bonchev–Trinajstić information content (AvgIpc) is 2.34. The fraction of sp³-hybridized carbons (Fsp3) is 0.500. The number of ether oxygens (including phenoxy) is 1. The summed E-state index contributed by atoms with van der Waals surface area (Å²) in [5, 5.41) is 2.83. The zero-order valence-electron chi connectivity index (χ0n) is 11.5. The minimum Gasteiger partial charge on any atom is -0.489 e. The third-order valence-electron chi connectivity index (χ3n) is 2.52. The van der Waals surface area contributed by atoms with Crippen molar-refractivity contribution >= 4 is 18.3 Å². The molecule has 1 unspecified atom stereocenters. The average molecular weight is 287 g/mol. The fourth-order valence-electron chi connectivity index (χ4n) is 1.57. The molecule has 0 heterocycles. The van der Waals surface area contributed by atoms with Crippen LogP contribution < -0.4 is 15.8 Å². The lowest BCUT2D eigenvalue weighted by atomic mass is 10.2. The maximum absolute atomic E-state index is 11.4. The van der Waals surface area contributed by atoms with Crippen molar-refractivity contribution < 1.29 is 9.53 Å². The molecule has 0 aliphatic heterocycles. The zero-order chi connectivity index (χ0) is 13.4. The lowest BCUT2D eigenvalue weighted by Crippen LogP contribution is -2.33. The van der Waals surface area contributed by atoms with Crippen LogP contribution in [-0.4, -0.2) is 25.1 Å². The molecule has 0 fully saturated rings. The van der Waals surface area contributed by atoms with Gasteiger partial charge in [-0.05, 0) is 44.5 Å². The first-order valence-electron chi connectivity index (χ1n) is 6.32. The van der Waals surface area contributed by atoms with Gasteiger partial charge in [0.2, 0.25) is 5.91 Å². The van der Waals surface area contributed by atoms with Crippen molar-refractivity contribution in [3.05, 3.63) is 29.8 Å². The molecule has 0 bridgehead atoms. The molecule has 0 aliphatic carbocycles. The van der Waals surface area contributed by atoms with Crippen LogP contribution in [0.2, 0.25) is 0 Å². The molecule has 0 saturated heterocycles. The van der Waals surface area contributed by atoms with Crippen LogP contribution in [0.25, 0.3) is 0 Å². The Balaban J connectivity index is 0.00000324. The van der Waals surface area contributed by atoms with Crippen molar-refractivity contribution in [2.45, 2.75) is 32.8 Å². The SMILES string of the molecule is Cc1cccc(OC(C)CNC(=O)CCCN)c1.Cl. The Morgan fingerprint density at radius 3 is 2.84 bits per heavy atom. The van der Waals surface area contributed by atoms with Crippen molar-refractivity contribution in [1.29, 1.82) is 0 Å². The molecule has 1 rings (SSSR count). The molecule has 0 aromatic heterocycles. The van der Waals surface area contributed by atoms with Gasteiger partial charge in [0.25, 0.3) is 0 Å². The first-order valence-corrected chi connectivity index (χ1v) is 6.32. The van der Waals surface area contributed by atoms with Crippen LogP contribution in [0.5, 0.6) is 5.75 Å². The van der Waals surface area contributed by atoms with Gasteiger partial charge in [0, 0.05) is 6.42 Å². The maximum atomic E-state index is 11.4. The first kappa shape index (κ1) is 17.7. The number of carbonyl (C=O) groups excluding carboxylic acids is 1. The number of carbonyl (C=O) groups is 1. The van der Waals surface area contributed by atoms with E-state index in [0.717, 1.165) is 17.7 Å². The summed E-state index contributed by atoms with van der Waals surface area (Å²) in [5.74, 6) is 0.860. The minimum absolute atomic E-state index is 0. The van der Waals surface area contributed by atoms with Crippen LogP contribution in [0.3, 0.4) is 0 Å². The Kier molecular flexibility index (Phi) is 9.00. The highest BCUT2D eigenvalue weighted by Crippen LogP contribution is 2.13. The van der Waals surface area contributed by atoms with Crippen molar-refractivity contribution in [2.24, 2.45) is 5.73 Å². The molecule has 108 valence electrons. The molecule has 1 amide bonds. The molecule has 1 aromatic rings. The van der Waals surface area contributed by atoms with Gasteiger partial charge in [-0.25, -0.2) is 0 Å². The molecular formula is C14H23ClN2O2. The second-order valence-electron chi connectivity index (χ2n) is 4.44. The van der Waals surface area contributed by atoms with Gasteiger partial charge in [-0.1, -0.05) is 12.1 Å². The molecule has 0 spiro atoms. The van der Waals surface area contributed by atoms with Gasteiger partial charge in [-0.3, -0.25) is 4.79 Å². The number of nitrogens with one attached hydrogen (secondary N) is 1. The Morgan fingerprint density at radius 2 is 2.21 bits per heavy atom. The number of nitrogens with two attached hydrogens (primary N) is 1. The smallest absolute Gasteiger partial charge is 0.220 e. The summed E-state index contributed by atoms with van der Waals surface area (Å²) in [7, 11) is 0. The minimum atomic E-state index is -0.0476. The molecule has 3 N–H and O–H groups in total. The summed E-state index contributed by atoms with van der Waals surface area (Å²) in [6, 6.07) is 7.87. The second kappa shape index (κ2) is 9.64. The molecule has 4 nitrogen and oxygen atoms in total. The van der Waals surface area contributed by atoms with Gasteiger partial charge >= 0.3 is 0 Å². The first-order chi connectivity index (χ1) is 8.61. The number of halogens is 1.